The second-order valence-electron chi connectivity index (χ2n) is 7.26. The van der Waals surface area contributed by atoms with Gasteiger partial charge in [0.25, 0.3) is 0 Å². The minimum Gasteiger partial charge on any atom is -0.358 e. The SMILES string of the molecule is CC(C)N1COC2(CCN(C(=O)N(C)C(C)C)CC2C)C1. The molecule has 2 rings (SSSR count). The third kappa shape index (κ3) is 3.19. The van der Waals surface area contributed by atoms with Crippen molar-refractivity contribution in [3.63, 3.8) is 0 Å². The molecular formula is C16H31N3O2. The second kappa shape index (κ2) is 6.13. The van der Waals surface area contributed by atoms with Crippen LogP contribution in [0.3, 0.4) is 0 Å². The maximum absolute atomic E-state index is 12.5. The average molecular weight is 297 g/mol. The van der Waals surface area contributed by atoms with Gasteiger partial charge in [-0.3, -0.25) is 4.90 Å². The van der Waals surface area contributed by atoms with E-state index >= 15 is 0 Å². The first-order valence-electron chi connectivity index (χ1n) is 8.16. The summed E-state index contributed by atoms with van der Waals surface area (Å²) in [5.41, 5.74) is -0.0581. The molecular weight excluding hydrogens is 266 g/mol. The summed E-state index contributed by atoms with van der Waals surface area (Å²) >= 11 is 0. The molecule has 0 radical (unpaired) electrons. The van der Waals surface area contributed by atoms with Crippen molar-refractivity contribution in [1.29, 1.82) is 0 Å². The Labute approximate surface area is 129 Å². The summed E-state index contributed by atoms with van der Waals surface area (Å²) < 4.78 is 6.18. The number of amides is 2. The Morgan fingerprint density at radius 3 is 2.48 bits per heavy atom. The van der Waals surface area contributed by atoms with Crippen molar-refractivity contribution < 1.29 is 9.53 Å². The normalized spacial score (nSPS) is 30.7. The zero-order chi connectivity index (χ0) is 15.8. The second-order valence-corrected chi connectivity index (χ2v) is 7.26. The van der Waals surface area contributed by atoms with Gasteiger partial charge >= 0.3 is 6.03 Å². The van der Waals surface area contributed by atoms with Gasteiger partial charge in [0.2, 0.25) is 0 Å². The van der Waals surface area contributed by atoms with E-state index in [0.717, 1.165) is 32.8 Å². The monoisotopic (exact) mass is 297 g/mol. The molecule has 122 valence electrons. The lowest BCUT2D eigenvalue weighted by molar-refractivity contribution is -0.0709. The van der Waals surface area contributed by atoms with Crippen LogP contribution >= 0.6 is 0 Å². The summed E-state index contributed by atoms with van der Waals surface area (Å²) in [6.45, 7) is 14.1. The summed E-state index contributed by atoms with van der Waals surface area (Å²) in [7, 11) is 1.88. The first-order valence-corrected chi connectivity index (χ1v) is 8.16. The van der Waals surface area contributed by atoms with Crippen LogP contribution in [-0.2, 0) is 4.74 Å². The number of ether oxygens (including phenoxy) is 1. The van der Waals surface area contributed by atoms with E-state index in [0.29, 0.717) is 12.0 Å². The number of urea groups is 1. The first-order chi connectivity index (χ1) is 9.77. The van der Waals surface area contributed by atoms with E-state index in [1.54, 1.807) is 0 Å². The lowest BCUT2D eigenvalue weighted by Gasteiger charge is -2.44. The predicted molar refractivity (Wildman–Crippen MR) is 84.2 cm³/mol. The highest BCUT2D eigenvalue weighted by atomic mass is 16.5. The molecule has 2 heterocycles. The molecule has 0 bridgehead atoms. The average Bonchev–Trinajstić information content (AvgIpc) is 2.86. The number of carbonyl (C=O) groups excluding carboxylic acids is 1. The third-order valence-electron chi connectivity index (χ3n) is 5.26. The van der Waals surface area contributed by atoms with Crippen molar-refractivity contribution in [2.24, 2.45) is 5.92 Å². The Balaban J connectivity index is 1.98. The molecule has 5 heteroatoms. The molecule has 0 aromatic heterocycles. The summed E-state index contributed by atoms with van der Waals surface area (Å²) in [5, 5.41) is 0. The van der Waals surface area contributed by atoms with Crippen LogP contribution in [0.5, 0.6) is 0 Å². The number of piperidine rings is 1. The van der Waals surface area contributed by atoms with Crippen LogP contribution in [0.15, 0.2) is 0 Å². The van der Waals surface area contributed by atoms with E-state index in [1.807, 2.05) is 30.7 Å². The van der Waals surface area contributed by atoms with Crippen LogP contribution in [0.4, 0.5) is 4.79 Å². The molecule has 2 amide bonds. The van der Waals surface area contributed by atoms with Crippen molar-refractivity contribution in [1.82, 2.24) is 14.7 Å². The highest BCUT2D eigenvalue weighted by molar-refractivity contribution is 5.74. The van der Waals surface area contributed by atoms with Crippen LogP contribution in [0.1, 0.15) is 41.0 Å². The largest absolute Gasteiger partial charge is 0.358 e. The molecule has 1 spiro atoms. The van der Waals surface area contributed by atoms with Crippen molar-refractivity contribution in [3.8, 4) is 0 Å². The maximum atomic E-state index is 12.5. The highest BCUT2D eigenvalue weighted by Crippen LogP contribution is 2.37. The fourth-order valence-electron chi connectivity index (χ4n) is 3.20. The van der Waals surface area contributed by atoms with Gasteiger partial charge in [-0.15, -0.1) is 0 Å². The van der Waals surface area contributed by atoms with Crippen LogP contribution in [0.25, 0.3) is 0 Å². The van der Waals surface area contributed by atoms with Gasteiger partial charge in [-0.2, -0.15) is 0 Å². The van der Waals surface area contributed by atoms with E-state index < -0.39 is 0 Å². The van der Waals surface area contributed by atoms with Crippen molar-refractivity contribution in [3.05, 3.63) is 0 Å². The van der Waals surface area contributed by atoms with Gasteiger partial charge in [0.15, 0.2) is 0 Å². The minimum absolute atomic E-state index is 0.0581. The zero-order valence-corrected chi connectivity index (χ0v) is 14.4. The van der Waals surface area contributed by atoms with Crippen LogP contribution in [0.2, 0.25) is 0 Å². The number of carbonyl (C=O) groups is 1. The topological polar surface area (TPSA) is 36.0 Å². The number of hydrogen-bond donors (Lipinski definition) is 0. The molecule has 0 N–H and O–H groups in total. The number of likely N-dealkylation sites (tertiary alicyclic amines) is 1. The Bertz CT molecular complexity index is 386. The molecule has 0 aromatic carbocycles. The molecule has 2 atom stereocenters. The first kappa shape index (κ1) is 16.6. The Morgan fingerprint density at radius 2 is 2.00 bits per heavy atom. The van der Waals surface area contributed by atoms with Gasteiger partial charge in [0.1, 0.15) is 6.73 Å². The molecule has 21 heavy (non-hydrogen) atoms. The summed E-state index contributed by atoms with van der Waals surface area (Å²) in [6, 6.07) is 0.900. The van der Waals surface area contributed by atoms with E-state index in [9.17, 15) is 4.79 Å². The van der Waals surface area contributed by atoms with E-state index in [1.165, 1.54) is 0 Å². The van der Waals surface area contributed by atoms with Gasteiger partial charge in [-0.25, -0.2) is 4.79 Å². The molecule has 5 nitrogen and oxygen atoms in total. The van der Waals surface area contributed by atoms with Gasteiger partial charge in [0, 0.05) is 44.7 Å². The Hall–Kier alpha value is -0.810. The van der Waals surface area contributed by atoms with E-state index in [4.69, 9.17) is 4.74 Å². The summed E-state index contributed by atoms with van der Waals surface area (Å²) in [6.07, 6.45) is 0.940. The number of hydrogen-bond acceptors (Lipinski definition) is 3. The lowest BCUT2D eigenvalue weighted by atomic mass is 9.82. The quantitative estimate of drug-likeness (QED) is 0.784. The Morgan fingerprint density at radius 1 is 1.33 bits per heavy atom. The molecule has 0 aromatic rings. The summed E-state index contributed by atoms with van der Waals surface area (Å²) in [4.78, 5) is 18.6. The highest BCUT2D eigenvalue weighted by Gasteiger charge is 2.48. The van der Waals surface area contributed by atoms with Crippen molar-refractivity contribution in [2.75, 3.05) is 33.4 Å². The number of nitrogens with zero attached hydrogens (tertiary/aromatic N) is 3. The van der Waals surface area contributed by atoms with Crippen LogP contribution in [0, 0.1) is 5.92 Å². The minimum atomic E-state index is -0.0581. The third-order valence-corrected chi connectivity index (χ3v) is 5.26. The van der Waals surface area contributed by atoms with E-state index in [2.05, 4.69) is 25.7 Å². The smallest absolute Gasteiger partial charge is 0.319 e. The lowest BCUT2D eigenvalue weighted by Crippen LogP contribution is -2.57. The van der Waals surface area contributed by atoms with Crippen LogP contribution < -0.4 is 0 Å². The predicted octanol–water partition coefficient (Wildman–Crippen LogP) is 2.23. The zero-order valence-electron chi connectivity index (χ0n) is 14.4. The van der Waals surface area contributed by atoms with Crippen molar-refractivity contribution in [2.45, 2.75) is 58.7 Å². The standard InChI is InChI=1S/C16H31N3O2/c1-12(2)17(6)15(20)18-8-7-16(14(5)9-18)10-19(11-21-16)13(3)4/h12-14H,7-11H2,1-6H3. The van der Waals surface area contributed by atoms with E-state index in [-0.39, 0.29) is 17.7 Å². The molecule has 0 aliphatic carbocycles. The van der Waals surface area contributed by atoms with Gasteiger partial charge in [-0.05, 0) is 34.1 Å². The molecule has 2 aliphatic heterocycles. The molecule has 0 saturated carbocycles. The van der Waals surface area contributed by atoms with Crippen molar-refractivity contribution >= 4 is 6.03 Å². The fourth-order valence-corrected chi connectivity index (χ4v) is 3.20. The van der Waals surface area contributed by atoms with Crippen LogP contribution in [-0.4, -0.2) is 71.8 Å². The Kier molecular flexibility index (Phi) is 4.83. The summed E-state index contributed by atoms with van der Waals surface area (Å²) in [5.74, 6) is 0.375. The molecule has 2 saturated heterocycles. The molecule has 2 fully saturated rings. The molecule has 2 aliphatic rings. The van der Waals surface area contributed by atoms with Gasteiger partial charge in [-0.1, -0.05) is 6.92 Å². The van der Waals surface area contributed by atoms with Gasteiger partial charge < -0.3 is 14.5 Å². The number of rotatable bonds is 2. The fraction of sp³-hybridized carbons (Fsp3) is 0.938. The van der Waals surface area contributed by atoms with Gasteiger partial charge in [0.05, 0.1) is 5.60 Å². The molecule has 2 unspecified atom stereocenters. The maximum Gasteiger partial charge on any atom is 0.319 e.